The van der Waals surface area contributed by atoms with Gasteiger partial charge in [-0.05, 0) is 66.7 Å². The molecule has 0 aliphatic heterocycles. The fraction of sp³-hybridized carbons (Fsp3) is 0. The standard InChI is InChI=1S/C54H29N9/c1-56-34-24-27-40-37-14-4-9-19-45(37)62(50(40)30-34)48-22-12-7-17-43(48)53-58-52(59-54(60-53)63-46-20-10-5-15-38(46)41-28-25-35(57-2)31-51(41)63)42-16-6-11-21-47(42)61-44-18-8-3-13-36(44)39-26-23-33(32-55)29-49(39)61/h3-31H. The summed E-state index contributed by atoms with van der Waals surface area (Å²) in [5.41, 5.74) is 10.2. The van der Waals surface area contributed by atoms with Crippen LogP contribution in [-0.4, -0.2) is 28.7 Å². The van der Waals surface area contributed by atoms with Crippen molar-refractivity contribution >= 4 is 76.8 Å². The number of nitrogens with zero attached hydrogens (tertiary/aromatic N) is 9. The third-order valence-electron chi connectivity index (χ3n) is 12.0. The SMILES string of the molecule is [C-]#[N+]c1ccc2c3ccccc3n(-c3nc(-c4ccccc4-n4c5ccccc5c5ccc(C#N)cc54)nc(-c4ccccc4-n4c5ccccc5c5ccc([N+]#[C-])cc54)n3)c2c1. The average molecular weight is 804 g/mol. The molecule has 290 valence electrons. The van der Waals surface area contributed by atoms with Gasteiger partial charge >= 0.3 is 0 Å². The topological polar surface area (TPSA) is 86.0 Å². The predicted molar refractivity (Wildman–Crippen MR) is 251 cm³/mol. The van der Waals surface area contributed by atoms with Crippen molar-refractivity contribution in [1.29, 1.82) is 5.26 Å². The maximum atomic E-state index is 10.0. The molecule has 0 atom stereocenters. The third-order valence-corrected chi connectivity index (χ3v) is 12.0. The quantitative estimate of drug-likeness (QED) is 0.162. The van der Waals surface area contributed by atoms with E-state index in [-0.39, 0.29) is 0 Å². The number of benzene rings is 8. The van der Waals surface area contributed by atoms with Crippen LogP contribution >= 0.6 is 0 Å². The minimum Gasteiger partial charge on any atom is -0.310 e. The van der Waals surface area contributed by atoms with Crippen molar-refractivity contribution in [2.75, 3.05) is 0 Å². The summed E-state index contributed by atoms with van der Waals surface area (Å²) in [7, 11) is 0. The van der Waals surface area contributed by atoms with E-state index in [1.807, 2.05) is 132 Å². The van der Waals surface area contributed by atoms with Crippen molar-refractivity contribution in [2.45, 2.75) is 0 Å². The average Bonchev–Trinajstić information content (AvgIpc) is 3.98. The molecule has 9 heteroatoms. The Morgan fingerprint density at radius 2 is 0.794 bits per heavy atom. The minimum absolute atomic E-state index is 0.388. The smallest absolute Gasteiger partial charge is 0.238 e. The summed E-state index contributed by atoms with van der Waals surface area (Å²) < 4.78 is 6.41. The van der Waals surface area contributed by atoms with Gasteiger partial charge < -0.3 is 9.13 Å². The van der Waals surface area contributed by atoms with E-state index in [2.05, 4.69) is 73.4 Å². The van der Waals surface area contributed by atoms with Gasteiger partial charge in [-0.15, -0.1) is 0 Å². The number of para-hydroxylation sites is 5. The van der Waals surface area contributed by atoms with E-state index < -0.39 is 0 Å². The summed E-state index contributed by atoms with van der Waals surface area (Å²) in [4.78, 5) is 23.7. The molecule has 0 unspecified atom stereocenters. The molecule has 8 aromatic carbocycles. The highest BCUT2D eigenvalue weighted by molar-refractivity contribution is 6.12. The summed E-state index contributed by atoms with van der Waals surface area (Å²) in [5.74, 6) is 1.26. The van der Waals surface area contributed by atoms with Gasteiger partial charge in [-0.3, -0.25) is 4.57 Å². The van der Waals surface area contributed by atoms with Crippen LogP contribution in [0.15, 0.2) is 176 Å². The number of hydrogen-bond donors (Lipinski definition) is 0. The molecule has 0 spiro atoms. The largest absolute Gasteiger partial charge is 0.310 e. The van der Waals surface area contributed by atoms with Crippen molar-refractivity contribution < 1.29 is 0 Å². The lowest BCUT2D eigenvalue weighted by Crippen LogP contribution is -2.09. The Hall–Kier alpha value is -9.36. The first kappa shape index (κ1) is 35.6. The maximum absolute atomic E-state index is 10.0. The first-order valence-electron chi connectivity index (χ1n) is 20.3. The van der Waals surface area contributed by atoms with Gasteiger partial charge in [0.05, 0.1) is 58.2 Å². The van der Waals surface area contributed by atoms with Crippen LogP contribution in [0.1, 0.15) is 5.56 Å². The molecule has 0 aliphatic carbocycles. The molecular formula is C54H29N9. The zero-order valence-electron chi connectivity index (χ0n) is 33.3. The molecule has 12 aromatic rings. The highest BCUT2D eigenvalue weighted by Crippen LogP contribution is 2.40. The second-order valence-electron chi connectivity index (χ2n) is 15.3. The molecule has 0 saturated carbocycles. The summed E-state index contributed by atoms with van der Waals surface area (Å²) in [6.07, 6.45) is 0. The fourth-order valence-electron chi connectivity index (χ4n) is 9.25. The molecule has 4 aromatic heterocycles. The third kappa shape index (κ3) is 5.36. The summed E-state index contributed by atoms with van der Waals surface area (Å²) in [6, 6.07) is 60.5. The van der Waals surface area contributed by atoms with E-state index in [4.69, 9.17) is 28.1 Å². The molecule has 0 saturated heterocycles. The molecule has 0 bridgehead atoms. The normalized spacial score (nSPS) is 11.4. The van der Waals surface area contributed by atoms with Crippen LogP contribution in [0.5, 0.6) is 0 Å². The van der Waals surface area contributed by atoms with Crippen molar-refractivity contribution in [3.05, 3.63) is 204 Å². The second kappa shape index (κ2) is 13.9. The molecule has 4 heterocycles. The first-order chi connectivity index (χ1) is 31.1. The van der Waals surface area contributed by atoms with Gasteiger partial charge in [0.25, 0.3) is 0 Å². The van der Waals surface area contributed by atoms with E-state index >= 15 is 0 Å². The zero-order valence-corrected chi connectivity index (χ0v) is 33.3. The van der Waals surface area contributed by atoms with Crippen molar-refractivity contribution in [3.63, 3.8) is 0 Å². The van der Waals surface area contributed by atoms with Gasteiger partial charge in [0.15, 0.2) is 23.0 Å². The van der Waals surface area contributed by atoms with Crippen LogP contribution in [-0.2, 0) is 0 Å². The lowest BCUT2D eigenvalue weighted by atomic mass is 10.1. The zero-order chi connectivity index (χ0) is 42.2. The van der Waals surface area contributed by atoms with Crippen LogP contribution in [0.2, 0.25) is 0 Å². The Morgan fingerprint density at radius 1 is 0.397 bits per heavy atom. The van der Waals surface area contributed by atoms with Crippen molar-refractivity contribution in [2.24, 2.45) is 0 Å². The fourth-order valence-corrected chi connectivity index (χ4v) is 9.25. The molecular weight excluding hydrogens is 775 g/mol. The first-order valence-corrected chi connectivity index (χ1v) is 20.3. The van der Waals surface area contributed by atoms with Crippen LogP contribution in [0.25, 0.3) is 115 Å². The number of hydrogen-bond acceptors (Lipinski definition) is 4. The number of fused-ring (bicyclic) bond motifs is 9. The van der Waals surface area contributed by atoms with E-state index in [1.165, 1.54) is 0 Å². The van der Waals surface area contributed by atoms with Gasteiger partial charge in [0, 0.05) is 54.5 Å². The molecule has 0 fully saturated rings. The Morgan fingerprint density at radius 3 is 1.29 bits per heavy atom. The monoisotopic (exact) mass is 803 g/mol. The van der Waals surface area contributed by atoms with E-state index in [0.29, 0.717) is 34.5 Å². The highest BCUT2D eigenvalue weighted by atomic mass is 15.2. The van der Waals surface area contributed by atoms with Crippen LogP contribution in [0.4, 0.5) is 11.4 Å². The Balaban J connectivity index is 1.19. The van der Waals surface area contributed by atoms with Crippen molar-refractivity contribution in [1.82, 2.24) is 28.7 Å². The minimum atomic E-state index is 0.388. The lowest BCUT2D eigenvalue weighted by Gasteiger charge is -2.17. The van der Waals surface area contributed by atoms with Crippen molar-refractivity contribution in [3.8, 4) is 46.2 Å². The summed E-state index contributed by atoms with van der Waals surface area (Å²) >= 11 is 0. The van der Waals surface area contributed by atoms with Crippen LogP contribution in [0.3, 0.4) is 0 Å². The highest BCUT2D eigenvalue weighted by Gasteiger charge is 2.24. The van der Waals surface area contributed by atoms with Gasteiger partial charge in [-0.25, -0.2) is 14.7 Å². The summed E-state index contributed by atoms with van der Waals surface area (Å²) in [6.45, 7) is 15.8. The molecule has 12 rings (SSSR count). The molecule has 0 aliphatic rings. The predicted octanol–water partition coefficient (Wildman–Crippen LogP) is 13.5. The molecule has 0 radical (unpaired) electrons. The van der Waals surface area contributed by atoms with E-state index in [1.54, 1.807) is 0 Å². The Labute approximate surface area is 359 Å². The number of nitriles is 1. The van der Waals surface area contributed by atoms with E-state index in [9.17, 15) is 5.26 Å². The van der Waals surface area contributed by atoms with Gasteiger partial charge in [0.2, 0.25) is 5.95 Å². The van der Waals surface area contributed by atoms with Crippen LogP contribution in [0, 0.1) is 24.5 Å². The number of rotatable bonds is 5. The maximum Gasteiger partial charge on any atom is 0.238 e. The van der Waals surface area contributed by atoms with Gasteiger partial charge in [-0.2, -0.15) is 15.2 Å². The molecule has 63 heavy (non-hydrogen) atoms. The molecule has 0 N–H and O–H groups in total. The van der Waals surface area contributed by atoms with Crippen LogP contribution < -0.4 is 0 Å². The lowest BCUT2D eigenvalue weighted by molar-refractivity contribution is 0.950. The number of aromatic nitrogens is 6. The molecule has 0 amide bonds. The van der Waals surface area contributed by atoms with Gasteiger partial charge in [-0.1, -0.05) is 109 Å². The van der Waals surface area contributed by atoms with E-state index in [0.717, 1.165) is 87.9 Å². The Bertz CT molecular complexity index is 3840. The molecule has 9 nitrogen and oxygen atoms in total. The summed E-state index contributed by atoms with van der Waals surface area (Å²) in [5, 5.41) is 16.2. The Kier molecular flexibility index (Phi) is 7.83. The second-order valence-corrected chi connectivity index (χ2v) is 15.3. The van der Waals surface area contributed by atoms with Gasteiger partial charge in [0.1, 0.15) is 0 Å².